The number of hydrogen-bond acceptors (Lipinski definition) is 5. The van der Waals surface area contributed by atoms with Crippen LogP contribution in [-0.2, 0) is 11.3 Å². The molecule has 0 atom stereocenters. The number of fused-ring (bicyclic) bond motifs is 1. The third-order valence-corrected chi connectivity index (χ3v) is 4.97. The summed E-state index contributed by atoms with van der Waals surface area (Å²) in [5, 5.41) is 5.08. The first-order valence-electron chi connectivity index (χ1n) is 9.13. The van der Waals surface area contributed by atoms with E-state index >= 15 is 0 Å². The highest BCUT2D eigenvalue weighted by atomic mass is 35.5. The third kappa shape index (κ3) is 4.09. The minimum Gasteiger partial charge on any atom is -0.497 e. The van der Waals surface area contributed by atoms with Crippen LogP contribution in [0.15, 0.2) is 24.3 Å². The van der Waals surface area contributed by atoms with E-state index in [1.54, 1.807) is 16.5 Å². The van der Waals surface area contributed by atoms with Crippen LogP contribution in [-0.4, -0.2) is 32.6 Å². The number of aryl methyl sites for hydroxylation is 2. The largest absolute Gasteiger partial charge is 0.497 e. The first-order chi connectivity index (χ1) is 13.3. The van der Waals surface area contributed by atoms with Gasteiger partial charge in [0.2, 0.25) is 5.91 Å². The number of hydrogen-bond donors (Lipinski definition) is 0. The van der Waals surface area contributed by atoms with Gasteiger partial charge in [-0.3, -0.25) is 4.79 Å². The van der Waals surface area contributed by atoms with E-state index in [1.165, 1.54) is 0 Å². The van der Waals surface area contributed by atoms with E-state index in [1.807, 2.05) is 52.0 Å². The maximum absolute atomic E-state index is 12.9. The smallest absolute Gasteiger partial charge is 0.253 e. The van der Waals surface area contributed by atoms with E-state index in [0.29, 0.717) is 28.7 Å². The number of methoxy groups -OCH3 is 1. The SMILES string of the molecule is COc1ccc(N(Cc2nc3nc(C)c(Cl)c(C)n3n2)C(=O)CC(C)C)cc1. The highest BCUT2D eigenvalue weighted by Gasteiger charge is 2.21. The fourth-order valence-electron chi connectivity index (χ4n) is 2.95. The number of rotatable bonds is 6. The molecule has 1 amide bonds. The monoisotopic (exact) mass is 401 g/mol. The summed E-state index contributed by atoms with van der Waals surface area (Å²) in [6, 6.07) is 7.38. The number of benzene rings is 1. The molecule has 0 saturated heterocycles. The number of aromatic nitrogens is 4. The van der Waals surface area contributed by atoms with Gasteiger partial charge in [-0.2, -0.15) is 9.50 Å². The summed E-state index contributed by atoms with van der Waals surface area (Å²) in [6.07, 6.45) is 0.432. The molecule has 0 radical (unpaired) electrons. The van der Waals surface area contributed by atoms with E-state index in [2.05, 4.69) is 15.1 Å². The van der Waals surface area contributed by atoms with Crippen molar-refractivity contribution in [1.29, 1.82) is 0 Å². The Bertz CT molecular complexity index is 998. The van der Waals surface area contributed by atoms with Gasteiger partial charge in [-0.25, -0.2) is 4.98 Å². The van der Waals surface area contributed by atoms with Gasteiger partial charge in [-0.15, -0.1) is 5.10 Å². The fraction of sp³-hybridized carbons (Fsp3) is 0.400. The van der Waals surface area contributed by atoms with Crippen LogP contribution in [0.2, 0.25) is 5.02 Å². The minimum absolute atomic E-state index is 0.0120. The Morgan fingerprint density at radius 1 is 1.21 bits per heavy atom. The normalized spacial score (nSPS) is 11.2. The number of ether oxygens (including phenoxy) is 1. The molecule has 0 aliphatic heterocycles. The Kier molecular flexibility index (Phi) is 5.84. The van der Waals surface area contributed by atoms with Gasteiger partial charge in [-0.05, 0) is 44.0 Å². The summed E-state index contributed by atoms with van der Waals surface area (Å²) < 4.78 is 6.83. The number of amides is 1. The van der Waals surface area contributed by atoms with Crippen LogP contribution >= 0.6 is 11.6 Å². The maximum Gasteiger partial charge on any atom is 0.253 e. The van der Waals surface area contributed by atoms with Crippen molar-refractivity contribution in [3.05, 3.63) is 46.5 Å². The van der Waals surface area contributed by atoms with Gasteiger partial charge >= 0.3 is 0 Å². The molecule has 28 heavy (non-hydrogen) atoms. The van der Waals surface area contributed by atoms with Crippen molar-refractivity contribution < 1.29 is 9.53 Å². The Morgan fingerprint density at radius 2 is 1.89 bits per heavy atom. The van der Waals surface area contributed by atoms with E-state index in [-0.39, 0.29) is 18.4 Å². The molecule has 0 unspecified atom stereocenters. The molecule has 0 fully saturated rings. The summed E-state index contributed by atoms with van der Waals surface area (Å²) in [6.45, 7) is 7.99. The zero-order valence-electron chi connectivity index (χ0n) is 16.7. The third-order valence-electron chi connectivity index (χ3n) is 4.42. The van der Waals surface area contributed by atoms with E-state index < -0.39 is 0 Å². The highest BCUT2D eigenvalue weighted by Crippen LogP contribution is 2.23. The lowest BCUT2D eigenvalue weighted by Crippen LogP contribution is -2.31. The van der Waals surface area contributed by atoms with Gasteiger partial charge in [0.05, 0.1) is 30.1 Å². The summed E-state index contributed by atoms with van der Waals surface area (Å²) in [4.78, 5) is 23.5. The molecule has 0 spiro atoms. The average molecular weight is 402 g/mol. The molecule has 148 valence electrons. The highest BCUT2D eigenvalue weighted by molar-refractivity contribution is 6.31. The molecule has 2 aromatic heterocycles. The lowest BCUT2D eigenvalue weighted by atomic mass is 10.1. The van der Waals surface area contributed by atoms with Crippen molar-refractivity contribution in [2.75, 3.05) is 12.0 Å². The van der Waals surface area contributed by atoms with Gasteiger partial charge in [0, 0.05) is 12.1 Å². The first-order valence-corrected chi connectivity index (χ1v) is 9.50. The zero-order valence-corrected chi connectivity index (χ0v) is 17.5. The molecule has 0 saturated carbocycles. The van der Waals surface area contributed by atoms with Gasteiger partial charge in [-0.1, -0.05) is 25.4 Å². The van der Waals surface area contributed by atoms with Crippen LogP contribution in [0.4, 0.5) is 5.69 Å². The van der Waals surface area contributed by atoms with Crippen molar-refractivity contribution in [2.45, 2.75) is 40.7 Å². The molecular formula is C20H24ClN5O2. The maximum atomic E-state index is 12.9. The number of halogens is 1. The summed E-state index contributed by atoms with van der Waals surface area (Å²) in [5.74, 6) is 1.96. The van der Waals surface area contributed by atoms with Crippen molar-refractivity contribution in [2.24, 2.45) is 5.92 Å². The van der Waals surface area contributed by atoms with Crippen molar-refractivity contribution in [1.82, 2.24) is 19.6 Å². The quantitative estimate of drug-likeness (QED) is 0.624. The zero-order chi connectivity index (χ0) is 20.4. The molecule has 8 heteroatoms. The van der Waals surface area contributed by atoms with Gasteiger partial charge in [0.15, 0.2) is 5.82 Å². The van der Waals surface area contributed by atoms with Crippen molar-refractivity contribution in [3.63, 3.8) is 0 Å². The molecule has 3 aromatic rings. The number of anilines is 1. The van der Waals surface area contributed by atoms with Crippen LogP contribution in [0.25, 0.3) is 5.78 Å². The second-order valence-corrected chi connectivity index (χ2v) is 7.49. The lowest BCUT2D eigenvalue weighted by molar-refractivity contribution is -0.119. The van der Waals surface area contributed by atoms with Crippen molar-refractivity contribution in [3.8, 4) is 5.75 Å². The molecule has 0 bridgehead atoms. The molecule has 3 rings (SSSR count). The topological polar surface area (TPSA) is 72.6 Å². The van der Waals surface area contributed by atoms with Crippen LogP contribution < -0.4 is 9.64 Å². The van der Waals surface area contributed by atoms with Crippen LogP contribution in [0, 0.1) is 19.8 Å². The Hall–Kier alpha value is -2.67. The van der Waals surface area contributed by atoms with E-state index in [0.717, 1.165) is 17.1 Å². The second kappa shape index (κ2) is 8.14. The Labute approximate surface area is 169 Å². The number of carbonyl (C=O) groups excluding carboxylic acids is 1. The Morgan fingerprint density at radius 3 is 2.50 bits per heavy atom. The number of nitrogens with zero attached hydrogens (tertiary/aromatic N) is 5. The van der Waals surface area contributed by atoms with Crippen LogP contribution in [0.3, 0.4) is 0 Å². The Balaban J connectivity index is 1.97. The average Bonchev–Trinajstić information content (AvgIpc) is 3.06. The molecule has 0 N–H and O–H groups in total. The predicted molar refractivity (Wildman–Crippen MR) is 109 cm³/mol. The fourth-order valence-corrected chi connectivity index (χ4v) is 3.07. The molecule has 0 aliphatic rings. The lowest BCUT2D eigenvalue weighted by Gasteiger charge is -2.22. The standard InChI is InChI=1S/C20H24ClN5O2/c1-12(2)10-18(27)25(15-6-8-16(28-5)9-7-15)11-17-23-20-22-13(3)19(21)14(4)26(20)24-17/h6-9,12H,10-11H2,1-5H3. The molecule has 2 heterocycles. The van der Waals surface area contributed by atoms with E-state index in [4.69, 9.17) is 16.3 Å². The first kappa shape index (κ1) is 20.1. The van der Waals surface area contributed by atoms with Gasteiger partial charge < -0.3 is 9.64 Å². The van der Waals surface area contributed by atoms with Crippen molar-refractivity contribution >= 4 is 29.0 Å². The summed E-state index contributed by atoms with van der Waals surface area (Å²) >= 11 is 6.28. The molecular weight excluding hydrogens is 378 g/mol. The minimum atomic E-state index is 0.0120. The summed E-state index contributed by atoms with van der Waals surface area (Å²) in [5.41, 5.74) is 2.24. The number of carbonyl (C=O) groups is 1. The molecule has 7 nitrogen and oxygen atoms in total. The van der Waals surface area contributed by atoms with Gasteiger partial charge in [0.25, 0.3) is 5.78 Å². The molecule has 1 aromatic carbocycles. The van der Waals surface area contributed by atoms with Crippen LogP contribution in [0.5, 0.6) is 5.75 Å². The van der Waals surface area contributed by atoms with Gasteiger partial charge in [0.1, 0.15) is 5.75 Å². The van der Waals surface area contributed by atoms with E-state index in [9.17, 15) is 4.79 Å². The summed E-state index contributed by atoms with van der Waals surface area (Å²) in [7, 11) is 1.61. The van der Waals surface area contributed by atoms with Crippen LogP contribution in [0.1, 0.15) is 37.5 Å². The second-order valence-electron chi connectivity index (χ2n) is 7.11. The predicted octanol–water partition coefficient (Wildman–Crippen LogP) is 3.98. The molecule has 0 aliphatic carbocycles.